The van der Waals surface area contributed by atoms with Crippen molar-refractivity contribution in [1.29, 1.82) is 0 Å². The number of aromatic amines is 1. The zero-order valence-electron chi connectivity index (χ0n) is 12.9. The van der Waals surface area contributed by atoms with E-state index in [9.17, 15) is 0 Å². The molecule has 4 aromatic rings. The molecule has 0 aliphatic heterocycles. The Morgan fingerprint density at radius 1 is 0.958 bits per heavy atom. The van der Waals surface area contributed by atoms with Gasteiger partial charge in [0.25, 0.3) is 0 Å². The van der Waals surface area contributed by atoms with Gasteiger partial charge >= 0.3 is 0 Å². The molecule has 0 atom stereocenters. The Morgan fingerprint density at radius 2 is 1.79 bits per heavy atom. The third-order valence-electron chi connectivity index (χ3n) is 3.83. The number of fused-ring (bicyclic) bond motifs is 1. The van der Waals surface area contributed by atoms with Crippen molar-refractivity contribution in [3.63, 3.8) is 0 Å². The van der Waals surface area contributed by atoms with Crippen LogP contribution in [-0.2, 0) is 13.1 Å². The summed E-state index contributed by atoms with van der Waals surface area (Å²) in [6.07, 6.45) is 0. The number of furan rings is 1. The number of hydrogen-bond donors (Lipinski definition) is 2. The van der Waals surface area contributed by atoms with Gasteiger partial charge in [-0.25, -0.2) is 4.98 Å². The van der Waals surface area contributed by atoms with E-state index in [-0.39, 0.29) is 0 Å². The molecule has 2 N–H and O–H groups in total. The van der Waals surface area contributed by atoms with Crippen molar-refractivity contribution < 1.29 is 4.42 Å². The van der Waals surface area contributed by atoms with Crippen LogP contribution >= 0.6 is 11.6 Å². The summed E-state index contributed by atoms with van der Waals surface area (Å²) >= 11 is 6.20. The fourth-order valence-corrected chi connectivity index (χ4v) is 2.90. The summed E-state index contributed by atoms with van der Waals surface area (Å²) in [5.74, 6) is 2.55. The third kappa shape index (κ3) is 3.07. The normalized spacial score (nSPS) is 11.2. The van der Waals surface area contributed by atoms with E-state index in [1.54, 1.807) is 0 Å². The average Bonchev–Trinajstić information content (AvgIpc) is 3.22. The van der Waals surface area contributed by atoms with Crippen molar-refractivity contribution >= 4 is 22.6 Å². The Kier molecular flexibility index (Phi) is 4.07. The molecular formula is C19H16ClN3O. The number of nitrogens with zero attached hydrogens (tertiary/aromatic N) is 1. The molecule has 5 heteroatoms. The van der Waals surface area contributed by atoms with E-state index in [4.69, 9.17) is 16.0 Å². The second kappa shape index (κ2) is 6.51. The lowest BCUT2D eigenvalue weighted by Gasteiger charge is -2.01. The maximum absolute atomic E-state index is 6.20. The minimum atomic E-state index is 0.626. The zero-order chi connectivity index (χ0) is 16.4. The highest BCUT2D eigenvalue weighted by Crippen LogP contribution is 2.28. The van der Waals surface area contributed by atoms with Crippen molar-refractivity contribution in [2.24, 2.45) is 0 Å². The molecular weight excluding hydrogens is 322 g/mol. The number of nitrogens with one attached hydrogen (secondary N) is 2. The monoisotopic (exact) mass is 337 g/mol. The largest absolute Gasteiger partial charge is 0.460 e. The molecule has 0 saturated heterocycles. The van der Waals surface area contributed by atoms with Gasteiger partial charge < -0.3 is 14.7 Å². The Labute approximate surface area is 144 Å². The maximum Gasteiger partial charge on any atom is 0.135 e. The highest BCUT2D eigenvalue weighted by Gasteiger charge is 2.08. The predicted octanol–water partition coefficient (Wildman–Crippen LogP) is 4.77. The minimum Gasteiger partial charge on any atom is -0.460 e. The van der Waals surface area contributed by atoms with Crippen molar-refractivity contribution in [3.8, 4) is 11.3 Å². The topological polar surface area (TPSA) is 53.9 Å². The summed E-state index contributed by atoms with van der Waals surface area (Å²) in [7, 11) is 0. The fraction of sp³-hybridized carbons (Fsp3) is 0.105. The Hall–Kier alpha value is -2.56. The van der Waals surface area contributed by atoms with Gasteiger partial charge in [-0.3, -0.25) is 0 Å². The molecule has 0 aliphatic rings. The highest BCUT2D eigenvalue weighted by atomic mass is 35.5. The lowest BCUT2D eigenvalue weighted by Crippen LogP contribution is -2.13. The van der Waals surface area contributed by atoms with Gasteiger partial charge in [0.15, 0.2) is 0 Å². The van der Waals surface area contributed by atoms with Gasteiger partial charge in [-0.2, -0.15) is 0 Å². The molecule has 2 aromatic heterocycles. The Morgan fingerprint density at radius 3 is 2.67 bits per heavy atom. The van der Waals surface area contributed by atoms with Crippen LogP contribution in [0.3, 0.4) is 0 Å². The molecule has 2 aromatic carbocycles. The fourth-order valence-electron chi connectivity index (χ4n) is 2.67. The van der Waals surface area contributed by atoms with E-state index in [1.165, 1.54) is 0 Å². The minimum absolute atomic E-state index is 0.626. The van der Waals surface area contributed by atoms with E-state index < -0.39 is 0 Å². The van der Waals surface area contributed by atoms with Gasteiger partial charge in [-0.15, -0.1) is 0 Å². The summed E-state index contributed by atoms with van der Waals surface area (Å²) < 4.78 is 5.87. The first-order valence-corrected chi connectivity index (χ1v) is 8.15. The molecule has 0 bridgehead atoms. The summed E-state index contributed by atoms with van der Waals surface area (Å²) in [6.45, 7) is 1.28. The van der Waals surface area contributed by atoms with Crippen molar-refractivity contribution in [2.45, 2.75) is 13.1 Å². The van der Waals surface area contributed by atoms with Gasteiger partial charge in [-0.1, -0.05) is 35.9 Å². The molecule has 0 fully saturated rings. The van der Waals surface area contributed by atoms with Crippen LogP contribution in [0, 0.1) is 0 Å². The second-order valence-corrected chi connectivity index (χ2v) is 5.96. The van der Waals surface area contributed by atoms with Gasteiger partial charge in [-0.05, 0) is 36.4 Å². The standard InChI is InChI=1S/C19H16ClN3O/c20-15-6-2-1-5-14(15)18-10-9-13(24-18)11-21-12-19-22-16-7-3-4-8-17(16)23-19/h1-10,21H,11-12H2,(H,22,23). The first kappa shape index (κ1) is 15.0. The van der Waals surface area contributed by atoms with Crippen molar-refractivity contribution in [2.75, 3.05) is 0 Å². The first-order valence-electron chi connectivity index (χ1n) is 7.77. The molecule has 4 rings (SSSR count). The van der Waals surface area contributed by atoms with Gasteiger partial charge in [0.1, 0.15) is 17.3 Å². The Balaban J connectivity index is 1.41. The molecule has 0 amide bonds. The van der Waals surface area contributed by atoms with Crippen LogP contribution in [0.4, 0.5) is 0 Å². The van der Waals surface area contributed by atoms with E-state index in [0.717, 1.165) is 33.9 Å². The molecule has 0 radical (unpaired) electrons. The summed E-state index contributed by atoms with van der Waals surface area (Å²) in [4.78, 5) is 7.84. The Bertz CT molecular complexity index is 940. The molecule has 2 heterocycles. The van der Waals surface area contributed by atoms with Crippen molar-refractivity contribution in [1.82, 2.24) is 15.3 Å². The van der Waals surface area contributed by atoms with Gasteiger partial charge in [0.05, 0.1) is 29.1 Å². The second-order valence-electron chi connectivity index (χ2n) is 5.55. The van der Waals surface area contributed by atoms with Crippen LogP contribution < -0.4 is 5.32 Å². The summed E-state index contributed by atoms with van der Waals surface area (Å²) in [5, 5.41) is 4.03. The molecule has 0 unspecified atom stereocenters. The number of imidazole rings is 1. The van der Waals surface area contributed by atoms with E-state index in [0.29, 0.717) is 18.1 Å². The number of rotatable bonds is 5. The molecule has 0 aliphatic carbocycles. The zero-order valence-corrected chi connectivity index (χ0v) is 13.7. The summed E-state index contributed by atoms with van der Waals surface area (Å²) in [5.41, 5.74) is 2.93. The molecule has 24 heavy (non-hydrogen) atoms. The number of aromatic nitrogens is 2. The average molecular weight is 338 g/mol. The number of halogens is 1. The number of H-pyrrole nitrogens is 1. The van der Waals surface area contributed by atoms with Crippen LogP contribution in [0.5, 0.6) is 0 Å². The quantitative estimate of drug-likeness (QED) is 0.551. The number of benzene rings is 2. The third-order valence-corrected chi connectivity index (χ3v) is 4.16. The van der Waals surface area contributed by atoms with Crippen molar-refractivity contribution in [3.05, 3.63) is 77.3 Å². The first-order chi connectivity index (χ1) is 11.8. The summed E-state index contributed by atoms with van der Waals surface area (Å²) in [6, 6.07) is 19.6. The van der Waals surface area contributed by atoms with E-state index >= 15 is 0 Å². The van der Waals surface area contributed by atoms with Crippen LogP contribution in [0.15, 0.2) is 65.1 Å². The SMILES string of the molecule is Clc1ccccc1-c1ccc(CNCc2nc3ccccc3[nH]2)o1. The molecule has 0 saturated carbocycles. The lowest BCUT2D eigenvalue weighted by atomic mass is 10.2. The number of para-hydroxylation sites is 2. The van der Waals surface area contributed by atoms with Crippen LogP contribution in [-0.4, -0.2) is 9.97 Å². The van der Waals surface area contributed by atoms with E-state index in [2.05, 4.69) is 15.3 Å². The van der Waals surface area contributed by atoms with Gasteiger partial charge in [0.2, 0.25) is 0 Å². The molecule has 0 spiro atoms. The van der Waals surface area contributed by atoms with Gasteiger partial charge in [0, 0.05) is 5.56 Å². The van der Waals surface area contributed by atoms with Crippen LogP contribution in [0.2, 0.25) is 5.02 Å². The molecule has 120 valence electrons. The smallest absolute Gasteiger partial charge is 0.135 e. The lowest BCUT2D eigenvalue weighted by molar-refractivity contribution is 0.491. The number of hydrogen-bond acceptors (Lipinski definition) is 3. The highest BCUT2D eigenvalue weighted by molar-refractivity contribution is 6.33. The molecule has 4 nitrogen and oxygen atoms in total. The van der Waals surface area contributed by atoms with E-state index in [1.807, 2.05) is 60.7 Å². The van der Waals surface area contributed by atoms with Crippen LogP contribution in [0.25, 0.3) is 22.4 Å². The maximum atomic E-state index is 6.20. The predicted molar refractivity (Wildman–Crippen MR) is 95.8 cm³/mol. The van der Waals surface area contributed by atoms with Crippen LogP contribution in [0.1, 0.15) is 11.6 Å².